The van der Waals surface area contributed by atoms with E-state index in [0.29, 0.717) is 18.0 Å². The monoisotopic (exact) mass is 330 g/mol. The largest absolute Gasteiger partial charge is 0.351 e. The molecule has 1 amide bonds. The molecule has 1 aromatic rings. The number of likely N-dealkylation sites (N-methyl/N-ethyl adjacent to an activating group) is 1. The minimum absolute atomic E-state index is 0.0552. The summed E-state index contributed by atoms with van der Waals surface area (Å²) in [4.78, 5) is 13.8. The molecule has 0 unspecified atom stereocenters. The molecule has 1 aliphatic rings. The van der Waals surface area contributed by atoms with Gasteiger partial charge in [-0.05, 0) is 31.2 Å². The Bertz CT molecular complexity index is 601. The fourth-order valence-corrected chi connectivity index (χ4v) is 4.18. The van der Waals surface area contributed by atoms with Gasteiger partial charge in [-0.1, -0.05) is 23.7 Å². The Morgan fingerprint density at radius 3 is 2.62 bits per heavy atom. The second kappa shape index (κ2) is 6.77. The lowest BCUT2D eigenvalue weighted by Gasteiger charge is -2.18. The zero-order valence-electron chi connectivity index (χ0n) is 11.9. The number of nitrogens with zero attached hydrogens (tertiary/aromatic N) is 1. The number of halogens is 1. The molecule has 1 fully saturated rings. The lowest BCUT2D eigenvalue weighted by Crippen LogP contribution is -2.41. The van der Waals surface area contributed by atoms with Crippen molar-refractivity contribution in [2.24, 2.45) is 0 Å². The van der Waals surface area contributed by atoms with E-state index in [4.69, 9.17) is 11.6 Å². The number of benzene rings is 1. The Morgan fingerprint density at radius 2 is 2.05 bits per heavy atom. The van der Waals surface area contributed by atoms with E-state index in [9.17, 15) is 13.2 Å². The molecule has 0 bridgehead atoms. The molecule has 0 spiro atoms. The first kappa shape index (κ1) is 16.3. The SMILES string of the molecule is CN(CC(=O)N[C@H]1CCS(=O)(=O)C1)Cc1ccc(Cl)cc1. The van der Waals surface area contributed by atoms with Crippen LogP contribution >= 0.6 is 11.6 Å². The van der Waals surface area contributed by atoms with Crippen LogP contribution in [0.1, 0.15) is 12.0 Å². The maximum Gasteiger partial charge on any atom is 0.234 e. The first-order valence-electron chi connectivity index (χ1n) is 6.77. The van der Waals surface area contributed by atoms with E-state index in [0.717, 1.165) is 5.56 Å². The summed E-state index contributed by atoms with van der Waals surface area (Å²) < 4.78 is 22.7. The van der Waals surface area contributed by atoms with Gasteiger partial charge >= 0.3 is 0 Å². The number of hydrogen-bond acceptors (Lipinski definition) is 4. The van der Waals surface area contributed by atoms with Crippen LogP contribution < -0.4 is 5.32 Å². The van der Waals surface area contributed by atoms with Crippen molar-refractivity contribution in [3.05, 3.63) is 34.9 Å². The Hall–Kier alpha value is -1.11. The third-order valence-corrected chi connectivity index (χ3v) is 5.40. The van der Waals surface area contributed by atoms with Crippen molar-refractivity contribution in [2.45, 2.75) is 19.0 Å². The van der Waals surface area contributed by atoms with Crippen LogP contribution in [0.4, 0.5) is 0 Å². The summed E-state index contributed by atoms with van der Waals surface area (Å²) in [6.07, 6.45) is 0.509. The molecule has 1 aliphatic heterocycles. The van der Waals surface area contributed by atoms with Crippen LogP contribution in [0.25, 0.3) is 0 Å². The summed E-state index contributed by atoms with van der Waals surface area (Å²) in [5.74, 6) is 0.0756. The highest BCUT2D eigenvalue weighted by atomic mass is 35.5. The van der Waals surface area contributed by atoms with Crippen molar-refractivity contribution >= 4 is 27.3 Å². The molecule has 1 saturated heterocycles. The van der Waals surface area contributed by atoms with Crippen LogP contribution in [0.15, 0.2) is 24.3 Å². The van der Waals surface area contributed by atoms with Crippen LogP contribution in [-0.4, -0.2) is 50.4 Å². The standard InChI is InChI=1S/C14H19ClN2O3S/c1-17(8-11-2-4-12(15)5-3-11)9-14(18)16-13-6-7-21(19,20)10-13/h2-5,13H,6-10H2,1H3,(H,16,18)/t13-/m0/s1. The summed E-state index contributed by atoms with van der Waals surface area (Å²) in [7, 11) is -1.12. The summed E-state index contributed by atoms with van der Waals surface area (Å²) >= 11 is 5.82. The second-order valence-corrected chi connectivity index (χ2v) is 8.13. The van der Waals surface area contributed by atoms with Gasteiger partial charge in [-0.15, -0.1) is 0 Å². The van der Waals surface area contributed by atoms with Crippen molar-refractivity contribution in [1.82, 2.24) is 10.2 Å². The molecular formula is C14H19ClN2O3S. The summed E-state index contributed by atoms with van der Waals surface area (Å²) in [6.45, 7) is 0.868. The molecule has 2 rings (SSSR count). The van der Waals surface area contributed by atoms with E-state index < -0.39 is 9.84 Å². The van der Waals surface area contributed by atoms with E-state index in [1.165, 1.54) is 0 Å². The summed E-state index contributed by atoms with van der Waals surface area (Å²) in [6, 6.07) is 7.22. The van der Waals surface area contributed by atoms with Gasteiger partial charge in [0.05, 0.1) is 18.1 Å². The van der Waals surface area contributed by atoms with Gasteiger partial charge < -0.3 is 5.32 Å². The molecule has 0 saturated carbocycles. The molecule has 21 heavy (non-hydrogen) atoms. The highest BCUT2D eigenvalue weighted by Crippen LogP contribution is 2.12. The second-order valence-electron chi connectivity index (χ2n) is 5.47. The van der Waals surface area contributed by atoms with Gasteiger partial charge in [0.15, 0.2) is 9.84 Å². The van der Waals surface area contributed by atoms with Crippen molar-refractivity contribution < 1.29 is 13.2 Å². The predicted octanol–water partition coefficient (Wildman–Crippen LogP) is 1.08. The van der Waals surface area contributed by atoms with E-state index in [1.54, 1.807) is 0 Å². The smallest absolute Gasteiger partial charge is 0.234 e. The van der Waals surface area contributed by atoms with Crippen LogP contribution in [0, 0.1) is 0 Å². The molecule has 0 aromatic heterocycles. The van der Waals surface area contributed by atoms with Crippen molar-refractivity contribution in [3.63, 3.8) is 0 Å². The predicted molar refractivity (Wildman–Crippen MR) is 83.0 cm³/mol. The lowest BCUT2D eigenvalue weighted by atomic mass is 10.2. The van der Waals surface area contributed by atoms with E-state index in [2.05, 4.69) is 5.32 Å². The Labute approximate surface area is 130 Å². The first-order valence-corrected chi connectivity index (χ1v) is 8.97. The lowest BCUT2D eigenvalue weighted by molar-refractivity contribution is -0.122. The number of carbonyl (C=O) groups excluding carboxylic acids is 1. The van der Waals surface area contributed by atoms with E-state index in [1.807, 2.05) is 36.2 Å². The van der Waals surface area contributed by atoms with Crippen LogP contribution in [-0.2, 0) is 21.2 Å². The molecule has 0 aliphatic carbocycles. The Balaban J connectivity index is 1.78. The number of hydrogen-bond donors (Lipinski definition) is 1. The average molecular weight is 331 g/mol. The van der Waals surface area contributed by atoms with Crippen molar-refractivity contribution in [2.75, 3.05) is 25.1 Å². The van der Waals surface area contributed by atoms with Gasteiger partial charge in [0.2, 0.25) is 5.91 Å². The van der Waals surface area contributed by atoms with E-state index in [-0.39, 0.29) is 30.0 Å². The quantitative estimate of drug-likeness (QED) is 0.877. The fraction of sp³-hybridized carbons (Fsp3) is 0.500. The molecule has 116 valence electrons. The molecule has 1 atom stereocenters. The topological polar surface area (TPSA) is 66.5 Å². The maximum atomic E-state index is 11.9. The minimum atomic E-state index is -2.96. The minimum Gasteiger partial charge on any atom is -0.351 e. The number of sulfone groups is 1. The van der Waals surface area contributed by atoms with Gasteiger partial charge in [-0.2, -0.15) is 0 Å². The van der Waals surface area contributed by atoms with Crippen LogP contribution in [0.3, 0.4) is 0 Å². The molecule has 0 radical (unpaired) electrons. The van der Waals surface area contributed by atoms with Crippen molar-refractivity contribution in [1.29, 1.82) is 0 Å². The van der Waals surface area contributed by atoms with Gasteiger partial charge in [0.1, 0.15) is 0 Å². The number of nitrogens with one attached hydrogen (secondary N) is 1. The zero-order chi connectivity index (χ0) is 15.5. The highest BCUT2D eigenvalue weighted by Gasteiger charge is 2.28. The molecule has 1 N–H and O–H groups in total. The zero-order valence-corrected chi connectivity index (χ0v) is 13.5. The van der Waals surface area contributed by atoms with Crippen molar-refractivity contribution in [3.8, 4) is 0 Å². The summed E-state index contributed by atoms with van der Waals surface area (Å²) in [5, 5.41) is 3.46. The number of amides is 1. The normalized spacial score (nSPS) is 20.6. The first-order chi connectivity index (χ1) is 9.84. The third-order valence-electron chi connectivity index (χ3n) is 3.38. The Kier molecular flexibility index (Phi) is 5.24. The van der Waals surface area contributed by atoms with Gasteiger partial charge in [-0.3, -0.25) is 9.69 Å². The van der Waals surface area contributed by atoms with Gasteiger partial charge in [0.25, 0.3) is 0 Å². The van der Waals surface area contributed by atoms with Gasteiger partial charge in [-0.25, -0.2) is 8.42 Å². The fourth-order valence-electron chi connectivity index (χ4n) is 2.38. The summed E-state index contributed by atoms with van der Waals surface area (Å²) in [5.41, 5.74) is 1.07. The molecule has 1 heterocycles. The molecule has 7 heteroatoms. The average Bonchev–Trinajstić information content (AvgIpc) is 2.71. The maximum absolute atomic E-state index is 11.9. The van der Waals surface area contributed by atoms with E-state index >= 15 is 0 Å². The number of rotatable bonds is 5. The molecule has 5 nitrogen and oxygen atoms in total. The molecular weight excluding hydrogens is 312 g/mol. The highest BCUT2D eigenvalue weighted by molar-refractivity contribution is 7.91. The van der Waals surface area contributed by atoms with Gasteiger partial charge in [0, 0.05) is 17.6 Å². The van der Waals surface area contributed by atoms with Crippen LogP contribution in [0.2, 0.25) is 5.02 Å². The Morgan fingerprint density at radius 1 is 1.38 bits per heavy atom. The molecule has 1 aromatic carbocycles. The van der Waals surface area contributed by atoms with Crippen LogP contribution in [0.5, 0.6) is 0 Å². The number of carbonyl (C=O) groups is 1. The third kappa shape index (κ3) is 5.30.